The minimum absolute atomic E-state index is 0.0205. The Hall–Kier alpha value is -2.35. The molecule has 1 atom stereocenters. The second-order valence-corrected chi connectivity index (χ2v) is 8.00. The summed E-state index contributed by atoms with van der Waals surface area (Å²) in [6.45, 7) is 5.57. The molecule has 0 saturated carbocycles. The SMILES string of the molecule is O=C(Nc1cccc(CN2CCOCC2)n1)[C@@H]1CCCCN1Cc1ccc(F)cc1. The summed E-state index contributed by atoms with van der Waals surface area (Å²) >= 11 is 0. The number of amides is 1. The maximum atomic E-state index is 13.2. The largest absolute Gasteiger partial charge is 0.379 e. The highest BCUT2D eigenvalue weighted by Gasteiger charge is 2.29. The molecule has 1 N–H and O–H groups in total. The van der Waals surface area contributed by atoms with Crippen molar-refractivity contribution < 1.29 is 13.9 Å². The first-order valence-corrected chi connectivity index (χ1v) is 10.7. The van der Waals surface area contributed by atoms with Gasteiger partial charge in [-0.15, -0.1) is 0 Å². The maximum absolute atomic E-state index is 13.2. The number of carbonyl (C=O) groups is 1. The van der Waals surface area contributed by atoms with Crippen LogP contribution in [-0.2, 0) is 22.6 Å². The lowest BCUT2D eigenvalue weighted by Gasteiger charge is -2.34. The number of halogens is 1. The monoisotopic (exact) mass is 412 g/mol. The molecule has 2 fully saturated rings. The standard InChI is InChI=1S/C23H29FN4O2/c24-19-9-7-18(8-10-19)16-28-11-2-1-5-21(28)23(29)26-22-6-3-4-20(25-22)17-27-12-14-30-15-13-27/h3-4,6-10,21H,1-2,5,11-17H2,(H,25,26,29)/t21-/m0/s1. The third-order valence-electron chi connectivity index (χ3n) is 5.76. The van der Waals surface area contributed by atoms with Crippen molar-refractivity contribution in [3.05, 3.63) is 59.5 Å². The van der Waals surface area contributed by atoms with E-state index in [-0.39, 0.29) is 17.8 Å². The number of hydrogen-bond acceptors (Lipinski definition) is 5. The van der Waals surface area contributed by atoms with Crippen molar-refractivity contribution in [2.45, 2.75) is 38.4 Å². The number of rotatable bonds is 6. The van der Waals surface area contributed by atoms with Gasteiger partial charge >= 0.3 is 0 Å². The molecule has 4 rings (SSSR count). The molecule has 0 aliphatic carbocycles. The van der Waals surface area contributed by atoms with E-state index in [2.05, 4.69) is 20.1 Å². The van der Waals surface area contributed by atoms with Crippen LogP contribution in [0.1, 0.15) is 30.5 Å². The average Bonchev–Trinajstić information content (AvgIpc) is 2.77. The molecule has 2 aliphatic rings. The number of piperidine rings is 1. The Labute approximate surface area is 177 Å². The number of hydrogen-bond donors (Lipinski definition) is 1. The lowest BCUT2D eigenvalue weighted by atomic mass is 10.0. The Kier molecular flexibility index (Phi) is 7.04. The number of morpholine rings is 1. The number of likely N-dealkylation sites (tertiary alicyclic amines) is 1. The van der Waals surface area contributed by atoms with E-state index in [1.54, 1.807) is 12.1 Å². The van der Waals surface area contributed by atoms with E-state index in [9.17, 15) is 9.18 Å². The third kappa shape index (κ3) is 5.62. The zero-order valence-electron chi connectivity index (χ0n) is 17.2. The molecule has 0 unspecified atom stereocenters. The second-order valence-electron chi connectivity index (χ2n) is 8.00. The van der Waals surface area contributed by atoms with E-state index in [0.29, 0.717) is 12.4 Å². The first-order valence-electron chi connectivity index (χ1n) is 10.7. The third-order valence-corrected chi connectivity index (χ3v) is 5.76. The van der Waals surface area contributed by atoms with Crippen LogP contribution >= 0.6 is 0 Å². The molecule has 3 heterocycles. The van der Waals surface area contributed by atoms with Crippen LogP contribution in [0.2, 0.25) is 0 Å². The molecular formula is C23H29FN4O2. The molecule has 160 valence electrons. The molecule has 2 saturated heterocycles. The quantitative estimate of drug-likeness (QED) is 0.790. The van der Waals surface area contributed by atoms with Gasteiger partial charge in [0.15, 0.2) is 0 Å². The predicted molar refractivity (Wildman–Crippen MR) is 113 cm³/mol. The zero-order chi connectivity index (χ0) is 20.8. The van der Waals surface area contributed by atoms with Crippen molar-refractivity contribution in [1.29, 1.82) is 0 Å². The Balaban J connectivity index is 1.38. The van der Waals surface area contributed by atoms with Crippen molar-refractivity contribution in [2.24, 2.45) is 0 Å². The number of nitrogens with one attached hydrogen (secondary N) is 1. The molecular weight excluding hydrogens is 383 g/mol. The van der Waals surface area contributed by atoms with Gasteiger partial charge in [-0.2, -0.15) is 0 Å². The molecule has 2 aliphatic heterocycles. The molecule has 30 heavy (non-hydrogen) atoms. The van der Waals surface area contributed by atoms with Crippen LogP contribution in [0.3, 0.4) is 0 Å². The molecule has 0 bridgehead atoms. The number of carbonyl (C=O) groups excluding carboxylic acids is 1. The summed E-state index contributed by atoms with van der Waals surface area (Å²) in [4.78, 5) is 22.2. The number of anilines is 1. The highest BCUT2D eigenvalue weighted by molar-refractivity contribution is 5.94. The average molecular weight is 413 g/mol. The molecule has 0 spiro atoms. The lowest BCUT2D eigenvalue weighted by molar-refractivity contribution is -0.122. The molecule has 1 aromatic carbocycles. The van der Waals surface area contributed by atoms with Crippen LogP contribution in [0.25, 0.3) is 0 Å². The van der Waals surface area contributed by atoms with Gasteiger partial charge in [0.25, 0.3) is 0 Å². The van der Waals surface area contributed by atoms with Crippen LogP contribution in [-0.4, -0.2) is 59.6 Å². The van der Waals surface area contributed by atoms with Gasteiger partial charge in [0.05, 0.1) is 24.9 Å². The molecule has 0 radical (unpaired) electrons. The van der Waals surface area contributed by atoms with E-state index in [1.807, 2.05) is 18.2 Å². The fourth-order valence-electron chi connectivity index (χ4n) is 4.14. The van der Waals surface area contributed by atoms with Gasteiger partial charge in [0, 0.05) is 26.2 Å². The lowest BCUT2D eigenvalue weighted by Crippen LogP contribution is -2.46. The van der Waals surface area contributed by atoms with Gasteiger partial charge in [-0.3, -0.25) is 14.6 Å². The van der Waals surface area contributed by atoms with E-state index < -0.39 is 0 Å². The summed E-state index contributed by atoms with van der Waals surface area (Å²) in [6.07, 6.45) is 2.92. The van der Waals surface area contributed by atoms with Crippen molar-refractivity contribution in [3.8, 4) is 0 Å². The van der Waals surface area contributed by atoms with Gasteiger partial charge in [-0.05, 0) is 49.2 Å². The smallest absolute Gasteiger partial charge is 0.242 e. The number of pyridine rings is 1. The minimum Gasteiger partial charge on any atom is -0.379 e. The molecule has 6 nitrogen and oxygen atoms in total. The van der Waals surface area contributed by atoms with E-state index in [4.69, 9.17) is 4.74 Å². The van der Waals surface area contributed by atoms with Crippen molar-refractivity contribution in [2.75, 3.05) is 38.2 Å². The fourth-order valence-corrected chi connectivity index (χ4v) is 4.14. The maximum Gasteiger partial charge on any atom is 0.242 e. The highest BCUT2D eigenvalue weighted by Crippen LogP contribution is 2.21. The van der Waals surface area contributed by atoms with Gasteiger partial charge < -0.3 is 10.1 Å². The Morgan fingerprint density at radius 2 is 1.87 bits per heavy atom. The topological polar surface area (TPSA) is 57.7 Å². The van der Waals surface area contributed by atoms with Crippen LogP contribution in [0.5, 0.6) is 0 Å². The van der Waals surface area contributed by atoms with Crippen LogP contribution in [0.4, 0.5) is 10.2 Å². The first kappa shape index (κ1) is 20.9. The molecule has 2 aromatic rings. The van der Waals surface area contributed by atoms with Crippen molar-refractivity contribution >= 4 is 11.7 Å². The normalized spacial score (nSPS) is 20.8. The number of aromatic nitrogens is 1. The zero-order valence-corrected chi connectivity index (χ0v) is 17.2. The summed E-state index contributed by atoms with van der Waals surface area (Å²) in [5.41, 5.74) is 1.96. The minimum atomic E-state index is -0.241. The summed E-state index contributed by atoms with van der Waals surface area (Å²) in [5, 5.41) is 3.02. The van der Waals surface area contributed by atoms with Gasteiger partial charge in [-0.25, -0.2) is 9.37 Å². The Bertz CT molecular complexity index is 839. The van der Waals surface area contributed by atoms with Crippen LogP contribution < -0.4 is 5.32 Å². The second kappa shape index (κ2) is 10.1. The molecule has 1 aromatic heterocycles. The fraction of sp³-hybridized carbons (Fsp3) is 0.478. The number of nitrogens with zero attached hydrogens (tertiary/aromatic N) is 3. The van der Waals surface area contributed by atoms with Crippen molar-refractivity contribution in [1.82, 2.24) is 14.8 Å². The summed E-state index contributed by atoms with van der Waals surface area (Å²) in [5.74, 6) is 0.334. The predicted octanol–water partition coefficient (Wildman–Crippen LogP) is 3.05. The van der Waals surface area contributed by atoms with E-state index in [0.717, 1.165) is 69.9 Å². The molecule has 1 amide bonds. The number of ether oxygens (including phenoxy) is 1. The van der Waals surface area contributed by atoms with Crippen LogP contribution in [0, 0.1) is 5.82 Å². The van der Waals surface area contributed by atoms with Crippen molar-refractivity contribution in [3.63, 3.8) is 0 Å². The highest BCUT2D eigenvalue weighted by atomic mass is 19.1. The summed E-state index contributed by atoms with van der Waals surface area (Å²) in [7, 11) is 0. The first-order chi connectivity index (χ1) is 14.7. The van der Waals surface area contributed by atoms with Gasteiger partial charge in [-0.1, -0.05) is 24.6 Å². The summed E-state index contributed by atoms with van der Waals surface area (Å²) in [6, 6.07) is 12.1. The Morgan fingerprint density at radius 1 is 1.07 bits per heavy atom. The van der Waals surface area contributed by atoms with E-state index in [1.165, 1.54) is 12.1 Å². The molecule has 7 heteroatoms. The van der Waals surface area contributed by atoms with Crippen LogP contribution in [0.15, 0.2) is 42.5 Å². The number of benzene rings is 1. The van der Waals surface area contributed by atoms with Gasteiger partial charge in [0.1, 0.15) is 11.6 Å². The summed E-state index contributed by atoms with van der Waals surface area (Å²) < 4.78 is 18.6. The van der Waals surface area contributed by atoms with E-state index >= 15 is 0 Å². The Morgan fingerprint density at radius 3 is 2.67 bits per heavy atom. The van der Waals surface area contributed by atoms with Gasteiger partial charge in [0.2, 0.25) is 5.91 Å².